The number of aromatic amines is 1. The van der Waals surface area contributed by atoms with Gasteiger partial charge >= 0.3 is 6.18 Å². The van der Waals surface area contributed by atoms with Crippen molar-refractivity contribution in [3.8, 4) is 0 Å². The van der Waals surface area contributed by atoms with Crippen LogP contribution in [0.2, 0.25) is 0 Å². The summed E-state index contributed by atoms with van der Waals surface area (Å²) in [6.45, 7) is 5.16. The highest BCUT2D eigenvalue weighted by atomic mass is 19.4. The molecule has 0 radical (unpaired) electrons. The van der Waals surface area contributed by atoms with Crippen LogP contribution in [-0.4, -0.2) is 64.5 Å². The number of nitrogens with zero attached hydrogens (tertiary/aromatic N) is 4. The second-order valence-corrected chi connectivity index (χ2v) is 10.9. The van der Waals surface area contributed by atoms with Gasteiger partial charge in [0.05, 0.1) is 40.9 Å². The largest absolute Gasteiger partial charge is 0.417 e. The van der Waals surface area contributed by atoms with Gasteiger partial charge in [0.1, 0.15) is 11.6 Å². The third-order valence-electron chi connectivity index (χ3n) is 7.95. The summed E-state index contributed by atoms with van der Waals surface area (Å²) in [4.78, 5) is 39.1. The quantitative estimate of drug-likeness (QED) is 0.372. The summed E-state index contributed by atoms with van der Waals surface area (Å²) in [6.07, 6.45) is 0.0244. The molecule has 228 valence electrons. The third-order valence-corrected chi connectivity index (χ3v) is 7.95. The first-order valence-corrected chi connectivity index (χ1v) is 13.6. The van der Waals surface area contributed by atoms with Crippen LogP contribution in [0.3, 0.4) is 0 Å². The molecule has 0 spiro atoms. The van der Waals surface area contributed by atoms with Crippen molar-refractivity contribution in [1.29, 1.82) is 0 Å². The first-order valence-electron chi connectivity index (χ1n) is 13.6. The Kier molecular flexibility index (Phi) is 8.34. The van der Waals surface area contributed by atoms with E-state index in [1.165, 1.54) is 12.1 Å². The summed E-state index contributed by atoms with van der Waals surface area (Å²) >= 11 is 0. The molecule has 0 saturated carbocycles. The van der Waals surface area contributed by atoms with E-state index in [0.717, 1.165) is 18.6 Å². The summed E-state index contributed by atoms with van der Waals surface area (Å²) < 4.78 is 70.1. The van der Waals surface area contributed by atoms with Crippen molar-refractivity contribution < 1.29 is 26.7 Å². The highest BCUT2D eigenvalue weighted by Crippen LogP contribution is 2.37. The van der Waals surface area contributed by atoms with Gasteiger partial charge < -0.3 is 20.5 Å². The van der Waals surface area contributed by atoms with Gasteiger partial charge in [-0.05, 0) is 45.0 Å². The highest BCUT2D eigenvalue weighted by Gasteiger charge is 2.36. The van der Waals surface area contributed by atoms with Crippen LogP contribution in [0.25, 0.3) is 5.57 Å². The highest BCUT2D eigenvalue weighted by molar-refractivity contribution is 6.07. The van der Waals surface area contributed by atoms with E-state index in [4.69, 9.17) is 0 Å². The predicted molar refractivity (Wildman–Crippen MR) is 151 cm³/mol. The molecule has 1 fully saturated rings. The Labute approximate surface area is 243 Å². The number of hydrogen-bond donors (Lipinski definition) is 3. The molecule has 3 aromatic rings. The Morgan fingerprint density at radius 1 is 1.07 bits per heavy atom. The number of carbonyl (C=O) groups excluding carboxylic acids is 1. The molecule has 0 bridgehead atoms. The number of piperazine rings is 1. The van der Waals surface area contributed by atoms with E-state index in [2.05, 4.69) is 30.5 Å². The number of aromatic nitrogens is 3. The van der Waals surface area contributed by atoms with Crippen LogP contribution < -0.4 is 21.1 Å². The van der Waals surface area contributed by atoms with Gasteiger partial charge in [0.15, 0.2) is 5.82 Å². The molecular weight excluding hydrogens is 573 g/mol. The Morgan fingerprint density at radius 3 is 2.35 bits per heavy atom. The number of rotatable bonds is 5. The molecule has 2 aliphatic heterocycles. The number of amides is 1. The van der Waals surface area contributed by atoms with Crippen LogP contribution in [0, 0.1) is 11.6 Å². The van der Waals surface area contributed by atoms with E-state index in [0.29, 0.717) is 42.7 Å². The Balaban J connectivity index is 1.52. The Hall–Kier alpha value is -4.17. The van der Waals surface area contributed by atoms with Gasteiger partial charge in [0.25, 0.3) is 5.91 Å². The average molecular weight is 604 g/mol. The molecular formula is C29H30F5N7O2. The van der Waals surface area contributed by atoms with Gasteiger partial charge in [-0.1, -0.05) is 6.08 Å². The van der Waals surface area contributed by atoms with E-state index >= 15 is 4.39 Å². The van der Waals surface area contributed by atoms with Gasteiger partial charge in [-0.15, -0.1) is 0 Å². The molecule has 3 atom stereocenters. The van der Waals surface area contributed by atoms with Gasteiger partial charge in [-0.3, -0.25) is 14.5 Å². The van der Waals surface area contributed by atoms with Crippen molar-refractivity contribution in [3.63, 3.8) is 0 Å². The molecule has 2 aromatic heterocycles. The van der Waals surface area contributed by atoms with Gasteiger partial charge in [0, 0.05) is 49.5 Å². The van der Waals surface area contributed by atoms with Crippen molar-refractivity contribution in [2.24, 2.45) is 0 Å². The minimum Gasteiger partial charge on any atom is -0.367 e. The molecule has 3 N–H and O–H groups in total. The molecule has 1 amide bonds. The van der Waals surface area contributed by atoms with Crippen molar-refractivity contribution in [2.75, 3.05) is 36.9 Å². The van der Waals surface area contributed by atoms with Crippen LogP contribution in [0.4, 0.5) is 33.3 Å². The first-order chi connectivity index (χ1) is 20.3. The van der Waals surface area contributed by atoms with Crippen molar-refractivity contribution >= 4 is 22.9 Å². The number of carbonyl (C=O) groups is 1. The number of H-pyrrole nitrogens is 1. The maximum absolute atomic E-state index is 15.8. The zero-order chi connectivity index (χ0) is 31.1. The van der Waals surface area contributed by atoms with Gasteiger partial charge in [0.2, 0.25) is 5.56 Å². The summed E-state index contributed by atoms with van der Waals surface area (Å²) in [5, 5.41) is 5.75. The standard InChI is InChI=1S/C29H30F5N7O2/c1-15-13-41(14-16(2)40(15)3)25-8-22(31)19(17-4-5-23(35-9-17)27-37-10-18(30)11-38-27)6-24(25)39-28(43)20-12-36-26(42)7-21(20)29(32,33)34/h4,6-8,10-12,15-16,23,35H,5,9,13-14H2,1-3H3,(H,36,42)(H,39,43)/t15-,16+,23?. The average Bonchev–Trinajstić information content (AvgIpc) is 2.96. The smallest absolute Gasteiger partial charge is 0.367 e. The molecule has 1 aromatic carbocycles. The molecule has 1 saturated heterocycles. The summed E-state index contributed by atoms with van der Waals surface area (Å²) in [6, 6.07) is 2.83. The lowest BCUT2D eigenvalue weighted by Crippen LogP contribution is -2.55. The fraction of sp³-hybridized carbons (Fsp3) is 0.379. The fourth-order valence-corrected chi connectivity index (χ4v) is 5.41. The van der Waals surface area contributed by atoms with Crippen LogP contribution in [0.5, 0.6) is 0 Å². The minimum atomic E-state index is -4.95. The molecule has 0 aliphatic carbocycles. The van der Waals surface area contributed by atoms with Crippen LogP contribution in [0.1, 0.15) is 53.6 Å². The number of benzene rings is 1. The normalized spacial score (nSPS) is 21.4. The number of nitrogens with one attached hydrogen (secondary N) is 3. The Bertz CT molecular complexity index is 1590. The van der Waals surface area contributed by atoms with E-state index in [-0.39, 0.29) is 35.9 Å². The zero-order valence-corrected chi connectivity index (χ0v) is 23.6. The number of alkyl halides is 3. The van der Waals surface area contributed by atoms with Crippen molar-refractivity contribution in [3.05, 3.63) is 87.4 Å². The molecule has 14 heteroatoms. The van der Waals surface area contributed by atoms with Crippen LogP contribution in [0.15, 0.2) is 47.7 Å². The lowest BCUT2D eigenvalue weighted by atomic mass is 9.96. The summed E-state index contributed by atoms with van der Waals surface area (Å²) in [5.41, 5.74) is -2.01. The van der Waals surface area contributed by atoms with E-state index in [1.54, 1.807) is 6.08 Å². The topological polar surface area (TPSA) is 106 Å². The lowest BCUT2D eigenvalue weighted by Gasteiger charge is -2.44. The molecule has 2 aliphatic rings. The van der Waals surface area contributed by atoms with Gasteiger partial charge in [-0.2, -0.15) is 13.2 Å². The number of anilines is 2. The predicted octanol–water partition coefficient (Wildman–Crippen LogP) is 4.36. The SMILES string of the molecule is C[C@@H]1CN(c2cc(F)c(C3=CCC(c4ncc(F)cn4)NC3)cc2NC(=O)c2c[nH]c(=O)cc2C(F)(F)F)C[C@H](C)N1C. The Morgan fingerprint density at radius 2 is 1.74 bits per heavy atom. The molecule has 1 unspecified atom stereocenters. The molecule has 5 rings (SSSR count). The van der Waals surface area contributed by atoms with Crippen LogP contribution >= 0.6 is 0 Å². The van der Waals surface area contributed by atoms with Crippen molar-refractivity contribution in [2.45, 2.75) is 44.6 Å². The number of pyridine rings is 1. The maximum atomic E-state index is 15.8. The maximum Gasteiger partial charge on any atom is 0.417 e. The lowest BCUT2D eigenvalue weighted by molar-refractivity contribution is -0.138. The fourth-order valence-electron chi connectivity index (χ4n) is 5.41. The van der Waals surface area contributed by atoms with E-state index in [9.17, 15) is 27.2 Å². The number of hydrogen-bond acceptors (Lipinski definition) is 7. The summed E-state index contributed by atoms with van der Waals surface area (Å²) in [5.74, 6) is -1.88. The summed E-state index contributed by atoms with van der Waals surface area (Å²) in [7, 11) is 1.97. The molecule has 4 heterocycles. The van der Waals surface area contributed by atoms with Gasteiger partial charge in [-0.25, -0.2) is 18.7 Å². The second kappa shape index (κ2) is 11.8. The van der Waals surface area contributed by atoms with E-state index < -0.39 is 40.4 Å². The first kappa shape index (κ1) is 30.3. The monoisotopic (exact) mass is 603 g/mol. The van der Waals surface area contributed by atoms with E-state index in [1.807, 2.05) is 25.8 Å². The zero-order valence-electron chi connectivity index (χ0n) is 23.6. The number of likely N-dealkylation sites (N-methyl/N-ethyl adjacent to an activating group) is 1. The van der Waals surface area contributed by atoms with Crippen molar-refractivity contribution in [1.82, 2.24) is 25.2 Å². The second-order valence-electron chi connectivity index (χ2n) is 10.9. The minimum absolute atomic E-state index is 0.0712. The van der Waals surface area contributed by atoms with Crippen LogP contribution in [-0.2, 0) is 6.18 Å². The molecule has 9 nitrogen and oxygen atoms in total. The number of halogens is 5. The third kappa shape index (κ3) is 6.44. The molecule has 43 heavy (non-hydrogen) atoms.